The summed E-state index contributed by atoms with van der Waals surface area (Å²) in [6, 6.07) is 19.0. The van der Waals surface area contributed by atoms with Gasteiger partial charge in [-0.3, -0.25) is 10.1 Å². The van der Waals surface area contributed by atoms with Gasteiger partial charge in [0.1, 0.15) is 6.61 Å². The third kappa shape index (κ3) is 5.75. The van der Waals surface area contributed by atoms with Gasteiger partial charge in [-0.25, -0.2) is 0 Å². The maximum atomic E-state index is 10.8. The van der Waals surface area contributed by atoms with E-state index in [1.807, 2.05) is 18.2 Å². The molecule has 31 heavy (non-hydrogen) atoms. The monoisotopic (exact) mass is 546 g/mol. The van der Waals surface area contributed by atoms with Crippen molar-refractivity contribution >= 4 is 51.5 Å². The Labute approximate surface area is 198 Å². The molecule has 0 unspecified atom stereocenters. The molecule has 0 saturated carbocycles. The topological polar surface area (TPSA) is 85.4 Å². The Hall–Kier alpha value is -3.09. The lowest BCUT2D eigenvalue weighted by Crippen LogP contribution is -2.00. The minimum atomic E-state index is -0.477. The van der Waals surface area contributed by atoms with Gasteiger partial charge >= 0.3 is 0 Å². The number of methoxy groups -OCH3 is 1. The summed E-state index contributed by atoms with van der Waals surface area (Å²) in [6.07, 6.45) is 1.70. The van der Waals surface area contributed by atoms with Crippen LogP contribution in [0.2, 0.25) is 5.02 Å². The summed E-state index contributed by atoms with van der Waals surface area (Å²) in [5, 5.41) is 21.1. The molecular formula is C23H16ClIN2O4. The number of benzene rings is 3. The first-order valence-corrected chi connectivity index (χ1v) is 10.5. The average Bonchev–Trinajstić information content (AvgIpc) is 2.77. The number of nitro groups is 1. The molecule has 0 aromatic heterocycles. The molecule has 0 N–H and O–H groups in total. The summed E-state index contributed by atoms with van der Waals surface area (Å²) < 4.78 is 12.3. The van der Waals surface area contributed by atoms with Crippen LogP contribution in [-0.2, 0) is 6.61 Å². The number of ether oxygens (including phenoxy) is 2. The molecule has 0 saturated heterocycles. The largest absolute Gasteiger partial charge is 0.493 e. The number of rotatable bonds is 7. The van der Waals surface area contributed by atoms with E-state index in [0.29, 0.717) is 34.3 Å². The van der Waals surface area contributed by atoms with Gasteiger partial charge in [0, 0.05) is 17.2 Å². The van der Waals surface area contributed by atoms with E-state index in [2.05, 4.69) is 28.7 Å². The van der Waals surface area contributed by atoms with E-state index in [4.69, 9.17) is 21.1 Å². The number of nitriles is 1. The van der Waals surface area contributed by atoms with Gasteiger partial charge in [-0.15, -0.1) is 0 Å². The Balaban J connectivity index is 1.87. The van der Waals surface area contributed by atoms with Crippen LogP contribution in [0.25, 0.3) is 11.6 Å². The van der Waals surface area contributed by atoms with Crippen LogP contribution in [0.15, 0.2) is 60.7 Å². The van der Waals surface area contributed by atoms with Crippen molar-refractivity contribution in [2.75, 3.05) is 7.11 Å². The number of non-ortho nitro benzene ring substituents is 1. The highest BCUT2D eigenvalue weighted by atomic mass is 127. The highest BCUT2D eigenvalue weighted by Gasteiger charge is 2.13. The molecule has 3 aromatic rings. The minimum absolute atomic E-state index is 0.0283. The molecule has 3 aromatic carbocycles. The number of nitrogens with zero attached hydrogens (tertiary/aromatic N) is 2. The summed E-state index contributed by atoms with van der Waals surface area (Å²) in [6.45, 7) is 0.352. The molecule has 3 rings (SSSR count). The average molecular weight is 547 g/mol. The van der Waals surface area contributed by atoms with E-state index in [0.717, 1.165) is 14.7 Å². The molecule has 0 fully saturated rings. The highest BCUT2D eigenvalue weighted by Crippen LogP contribution is 2.36. The van der Waals surface area contributed by atoms with Crippen molar-refractivity contribution in [3.63, 3.8) is 0 Å². The second kappa shape index (κ2) is 10.3. The molecule has 0 amide bonds. The highest BCUT2D eigenvalue weighted by molar-refractivity contribution is 14.1. The Bertz CT molecular complexity index is 1170. The molecule has 0 heterocycles. The van der Waals surface area contributed by atoms with Crippen molar-refractivity contribution in [1.29, 1.82) is 5.26 Å². The minimum Gasteiger partial charge on any atom is -0.493 e. The molecule has 0 bridgehead atoms. The van der Waals surface area contributed by atoms with Gasteiger partial charge in [0.25, 0.3) is 5.69 Å². The zero-order valence-corrected chi connectivity index (χ0v) is 19.3. The number of hydrogen-bond donors (Lipinski definition) is 0. The molecule has 0 spiro atoms. The quantitative estimate of drug-likeness (QED) is 0.111. The third-order valence-electron chi connectivity index (χ3n) is 4.37. The zero-order chi connectivity index (χ0) is 22.4. The van der Waals surface area contributed by atoms with E-state index < -0.39 is 4.92 Å². The lowest BCUT2D eigenvalue weighted by Gasteiger charge is -2.14. The van der Waals surface area contributed by atoms with Crippen LogP contribution >= 0.6 is 34.2 Å². The van der Waals surface area contributed by atoms with Crippen LogP contribution < -0.4 is 9.47 Å². The summed E-state index contributed by atoms with van der Waals surface area (Å²) >= 11 is 8.07. The van der Waals surface area contributed by atoms with Crippen molar-refractivity contribution < 1.29 is 14.4 Å². The summed E-state index contributed by atoms with van der Waals surface area (Å²) in [4.78, 5) is 10.4. The van der Waals surface area contributed by atoms with Crippen molar-refractivity contribution in [3.8, 4) is 17.6 Å². The molecule has 0 aliphatic heterocycles. The molecule has 0 aliphatic rings. The Morgan fingerprint density at radius 3 is 2.45 bits per heavy atom. The fourth-order valence-corrected chi connectivity index (χ4v) is 3.72. The van der Waals surface area contributed by atoms with Gasteiger partial charge in [-0.05, 0) is 81.8 Å². The number of nitro benzene ring substituents is 1. The van der Waals surface area contributed by atoms with Crippen LogP contribution in [0.3, 0.4) is 0 Å². The number of hydrogen-bond acceptors (Lipinski definition) is 5. The predicted molar refractivity (Wildman–Crippen MR) is 128 cm³/mol. The summed E-state index contributed by atoms with van der Waals surface area (Å²) in [5.41, 5.74) is 2.65. The van der Waals surface area contributed by atoms with Crippen LogP contribution in [-0.4, -0.2) is 12.0 Å². The fourth-order valence-electron chi connectivity index (χ4n) is 2.81. The van der Waals surface area contributed by atoms with Crippen LogP contribution in [0.5, 0.6) is 11.5 Å². The van der Waals surface area contributed by atoms with E-state index in [9.17, 15) is 15.4 Å². The maximum Gasteiger partial charge on any atom is 0.269 e. The van der Waals surface area contributed by atoms with Crippen molar-refractivity contribution in [2.45, 2.75) is 6.61 Å². The Morgan fingerprint density at radius 2 is 1.87 bits per heavy atom. The Kier molecular flexibility index (Phi) is 7.50. The smallest absolute Gasteiger partial charge is 0.269 e. The van der Waals surface area contributed by atoms with Gasteiger partial charge in [-0.1, -0.05) is 23.7 Å². The lowest BCUT2D eigenvalue weighted by atomic mass is 10.0. The van der Waals surface area contributed by atoms with E-state index in [1.165, 1.54) is 12.1 Å². The van der Waals surface area contributed by atoms with Crippen molar-refractivity contribution in [1.82, 2.24) is 0 Å². The predicted octanol–water partition coefficient (Wildman–Crippen LogP) is 6.50. The number of allylic oxidation sites excluding steroid dienone is 1. The van der Waals surface area contributed by atoms with Gasteiger partial charge < -0.3 is 9.47 Å². The van der Waals surface area contributed by atoms with Crippen molar-refractivity contribution in [2.24, 2.45) is 0 Å². The van der Waals surface area contributed by atoms with Crippen LogP contribution in [0, 0.1) is 25.0 Å². The normalized spacial score (nSPS) is 11.0. The summed E-state index contributed by atoms with van der Waals surface area (Å²) in [5.74, 6) is 1.14. The zero-order valence-electron chi connectivity index (χ0n) is 16.3. The SMILES string of the molecule is COc1cc(C=C(C#N)c2ccc([N+](=O)[O-])cc2)cc(I)c1OCc1ccc(Cl)cc1. The maximum absolute atomic E-state index is 10.8. The molecule has 8 heteroatoms. The second-order valence-electron chi connectivity index (χ2n) is 6.42. The first-order valence-electron chi connectivity index (χ1n) is 9.02. The first-order chi connectivity index (χ1) is 14.9. The van der Waals surface area contributed by atoms with Gasteiger partial charge in [-0.2, -0.15) is 5.26 Å². The molecule has 0 radical (unpaired) electrons. The van der Waals surface area contributed by atoms with Crippen LogP contribution in [0.4, 0.5) is 5.69 Å². The van der Waals surface area contributed by atoms with E-state index in [1.54, 1.807) is 43.5 Å². The van der Waals surface area contributed by atoms with Gasteiger partial charge in [0.15, 0.2) is 11.5 Å². The third-order valence-corrected chi connectivity index (χ3v) is 5.42. The fraction of sp³-hybridized carbons (Fsp3) is 0.0870. The first kappa shape index (κ1) is 22.6. The molecule has 0 atom stereocenters. The molecule has 6 nitrogen and oxygen atoms in total. The van der Waals surface area contributed by atoms with Gasteiger partial charge in [0.05, 0.1) is 27.2 Å². The summed E-state index contributed by atoms with van der Waals surface area (Å²) in [7, 11) is 1.55. The van der Waals surface area contributed by atoms with Gasteiger partial charge in [0.2, 0.25) is 0 Å². The Morgan fingerprint density at radius 1 is 1.19 bits per heavy atom. The standard InChI is InChI=1S/C23H16ClIN2O4/c1-30-22-12-16(10-18(13-26)17-4-8-20(9-5-17)27(28)29)11-21(25)23(22)31-14-15-2-6-19(24)7-3-15/h2-12H,14H2,1H3. The van der Waals surface area contributed by atoms with E-state index >= 15 is 0 Å². The molecule has 0 aliphatic carbocycles. The second-order valence-corrected chi connectivity index (χ2v) is 8.02. The van der Waals surface area contributed by atoms with Crippen LogP contribution in [0.1, 0.15) is 16.7 Å². The molecular weight excluding hydrogens is 531 g/mol. The number of halogens is 2. The van der Waals surface area contributed by atoms with Crippen molar-refractivity contribution in [3.05, 3.63) is 96.1 Å². The lowest BCUT2D eigenvalue weighted by molar-refractivity contribution is -0.384. The van der Waals surface area contributed by atoms with E-state index in [-0.39, 0.29) is 5.69 Å². The molecule has 156 valence electrons.